The average Bonchev–Trinajstić information content (AvgIpc) is 3.39. The maximum Gasteiger partial charge on any atom is 0.340 e. The van der Waals surface area contributed by atoms with E-state index in [-0.39, 0.29) is 0 Å². The van der Waals surface area contributed by atoms with Crippen LogP contribution in [0, 0.1) is 11.3 Å². The summed E-state index contributed by atoms with van der Waals surface area (Å²) in [7, 11) is 0. The SMILES string of the molecule is N#CC1(NC(=O)COC(=O)/C(=C/c2cccs2)c2cccs2)CCCCC1. The Morgan fingerprint density at radius 3 is 2.56 bits per heavy atom. The number of nitrogens with one attached hydrogen (secondary N) is 1. The number of amides is 1. The van der Waals surface area contributed by atoms with E-state index in [2.05, 4.69) is 11.4 Å². The van der Waals surface area contributed by atoms with Gasteiger partial charge >= 0.3 is 5.97 Å². The Balaban J connectivity index is 1.64. The highest BCUT2D eigenvalue weighted by molar-refractivity contribution is 7.12. The number of ether oxygens (including phenoxy) is 1. The first-order chi connectivity index (χ1) is 13.1. The maximum atomic E-state index is 12.6. The topological polar surface area (TPSA) is 79.2 Å². The van der Waals surface area contributed by atoms with Crippen LogP contribution in [0.5, 0.6) is 0 Å². The molecule has 2 aromatic rings. The lowest BCUT2D eigenvalue weighted by Gasteiger charge is -2.31. The van der Waals surface area contributed by atoms with Gasteiger partial charge in [-0.25, -0.2) is 4.79 Å². The van der Waals surface area contributed by atoms with Gasteiger partial charge < -0.3 is 10.1 Å². The molecule has 1 aliphatic carbocycles. The van der Waals surface area contributed by atoms with Gasteiger partial charge in [-0.3, -0.25) is 4.79 Å². The molecule has 2 aromatic heterocycles. The third-order valence-corrected chi connectivity index (χ3v) is 6.19. The number of thiophene rings is 2. The van der Waals surface area contributed by atoms with Gasteiger partial charge in [0.15, 0.2) is 6.61 Å². The Morgan fingerprint density at radius 2 is 1.93 bits per heavy atom. The first-order valence-corrected chi connectivity index (χ1v) is 10.6. The number of nitriles is 1. The molecular formula is C20H20N2O3S2. The van der Waals surface area contributed by atoms with Gasteiger partial charge in [-0.1, -0.05) is 31.4 Å². The van der Waals surface area contributed by atoms with Gasteiger partial charge in [-0.15, -0.1) is 22.7 Å². The number of nitrogens with zero attached hydrogens (tertiary/aromatic N) is 1. The highest BCUT2D eigenvalue weighted by Gasteiger charge is 2.33. The molecule has 0 spiro atoms. The van der Waals surface area contributed by atoms with Gasteiger partial charge in [0.25, 0.3) is 5.91 Å². The van der Waals surface area contributed by atoms with E-state index in [1.54, 1.807) is 6.08 Å². The van der Waals surface area contributed by atoms with Crippen LogP contribution in [-0.2, 0) is 14.3 Å². The molecule has 5 nitrogen and oxygen atoms in total. The van der Waals surface area contributed by atoms with Crippen molar-refractivity contribution in [1.82, 2.24) is 5.32 Å². The third-order valence-electron chi connectivity index (χ3n) is 4.47. The van der Waals surface area contributed by atoms with E-state index in [0.29, 0.717) is 18.4 Å². The Morgan fingerprint density at radius 1 is 1.19 bits per heavy atom. The molecule has 1 aliphatic rings. The van der Waals surface area contributed by atoms with Crippen molar-refractivity contribution in [2.75, 3.05) is 6.61 Å². The minimum Gasteiger partial charge on any atom is -0.452 e. The first kappa shape index (κ1) is 19.3. The van der Waals surface area contributed by atoms with Crippen LogP contribution in [0.1, 0.15) is 41.9 Å². The minimum absolute atomic E-state index is 0.393. The molecule has 1 saturated carbocycles. The Labute approximate surface area is 166 Å². The van der Waals surface area contributed by atoms with Crippen LogP contribution in [-0.4, -0.2) is 24.0 Å². The highest BCUT2D eigenvalue weighted by atomic mass is 32.1. The zero-order valence-electron chi connectivity index (χ0n) is 14.8. The van der Waals surface area contributed by atoms with Crippen LogP contribution >= 0.6 is 22.7 Å². The molecular weight excluding hydrogens is 380 g/mol. The molecule has 7 heteroatoms. The summed E-state index contributed by atoms with van der Waals surface area (Å²) in [5, 5.41) is 16.0. The molecule has 0 bridgehead atoms. The highest BCUT2D eigenvalue weighted by Crippen LogP contribution is 2.28. The number of rotatable bonds is 6. The monoisotopic (exact) mass is 400 g/mol. The van der Waals surface area contributed by atoms with E-state index in [1.165, 1.54) is 22.7 Å². The number of hydrogen-bond acceptors (Lipinski definition) is 6. The largest absolute Gasteiger partial charge is 0.452 e. The van der Waals surface area contributed by atoms with E-state index >= 15 is 0 Å². The fourth-order valence-corrected chi connectivity index (χ4v) is 4.50. The zero-order chi connectivity index (χ0) is 19.1. The van der Waals surface area contributed by atoms with Crippen LogP contribution in [0.15, 0.2) is 35.0 Å². The summed E-state index contributed by atoms with van der Waals surface area (Å²) in [6.45, 7) is -0.393. The summed E-state index contributed by atoms with van der Waals surface area (Å²) >= 11 is 2.96. The molecule has 1 N–H and O–H groups in total. The lowest BCUT2D eigenvalue weighted by atomic mass is 9.83. The Kier molecular flexibility index (Phi) is 6.43. The van der Waals surface area contributed by atoms with E-state index in [4.69, 9.17) is 4.74 Å². The van der Waals surface area contributed by atoms with Crippen LogP contribution in [0.2, 0.25) is 0 Å². The molecule has 0 aromatic carbocycles. The molecule has 0 atom stereocenters. The van der Waals surface area contributed by atoms with Crippen molar-refractivity contribution in [3.8, 4) is 6.07 Å². The second kappa shape index (κ2) is 8.98. The molecule has 1 fully saturated rings. The average molecular weight is 401 g/mol. The summed E-state index contributed by atoms with van der Waals surface area (Å²) in [6, 6.07) is 9.76. The zero-order valence-corrected chi connectivity index (χ0v) is 16.4. The molecule has 27 heavy (non-hydrogen) atoms. The van der Waals surface area contributed by atoms with Gasteiger partial charge in [-0.2, -0.15) is 5.26 Å². The van der Waals surface area contributed by atoms with Crippen LogP contribution in [0.3, 0.4) is 0 Å². The van der Waals surface area contributed by atoms with E-state index in [1.807, 2.05) is 35.0 Å². The van der Waals surface area contributed by atoms with Crippen molar-refractivity contribution in [2.45, 2.75) is 37.6 Å². The predicted molar refractivity (Wildman–Crippen MR) is 107 cm³/mol. The lowest BCUT2D eigenvalue weighted by molar-refractivity contribution is -0.143. The normalized spacial score (nSPS) is 16.3. The summed E-state index contributed by atoms with van der Waals surface area (Å²) in [5.41, 5.74) is -0.404. The van der Waals surface area contributed by atoms with Gasteiger partial charge in [-0.05, 0) is 41.8 Å². The van der Waals surface area contributed by atoms with E-state index in [9.17, 15) is 14.9 Å². The van der Waals surface area contributed by atoms with Crippen LogP contribution < -0.4 is 5.32 Å². The van der Waals surface area contributed by atoms with Gasteiger partial charge in [0.2, 0.25) is 0 Å². The van der Waals surface area contributed by atoms with Gasteiger partial charge in [0.05, 0.1) is 11.6 Å². The first-order valence-electron chi connectivity index (χ1n) is 8.80. The van der Waals surface area contributed by atoms with Crippen molar-refractivity contribution in [3.05, 3.63) is 44.8 Å². The summed E-state index contributed by atoms with van der Waals surface area (Å²) in [4.78, 5) is 26.6. The van der Waals surface area contributed by atoms with E-state index in [0.717, 1.165) is 29.0 Å². The van der Waals surface area contributed by atoms with E-state index < -0.39 is 24.0 Å². The Bertz CT molecular complexity index is 842. The third kappa shape index (κ3) is 5.06. The number of esters is 1. The quantitative estimate of drug-likeness (QED) is 0.581. The summed E-state index contributed by atoms with van der Waals surface area (Å²) in [5.74, 6) is -0.982. The summed E-state index contributed by atoms with van der Waals surface area (Å²) in [6.07, 6.45) is 5.96. The van der Waals surface area contributed by atoms with Gasteiger partial charge in [0, 0.05) is 9.75 Å². The molecule has 0 saturated heterocycles. The van der Waals surface area contributed by atoms with Crippen molar-refractivity contribution in [1.29, 1.82) is 5.26 Å². The fourth-order valence-electron chi connectivity index (χ4n) is 3.11. The molecule has 0 aliphatic heterocycles. The molecule has 0 unspecified atom stereocenters. The van der Waals surface area contributed by atoms with Crippen LogP contribution in [0.25, 0.3) is 11.6 Å². The predicted octanol–water partition coefficient (Wildman–Crippen LogP) is 4.24. The van der Waals surface area contributed by atoms with Crippen molar-refractivity contribution in [2.24, 2.45) is 0 Å². The number of hydrogen-bond donors (Lipinski definition) is 1. The van der Waals surface area contributed by atoms with Crippen LogP contribution in [0.4, 0.5) is 0 Å². The number of carbonyl (C=O) groups is 2. The van der Waals surface area contributed by atoms with Gasteiger partial charge in [0.1, 0.15) is 5.54 Å². The standard InChI is InChI=1S/C20H20N2O3S2/c21-14-20(8-2-1-3-9-20)22-18(23)13-25-19(24)16(17-7-5-11-27-17)12-15-6-4-10-26-15/h4-7,10-12H,1-3,8-9,13H2,(H,22,23)/b16-12+. The smallest absolute Gasteiger partial charge is 0.340 e. The van der Waals surface area contributed by atoms with Crippen molar-refractivity contribution < 1.29 is 14.3 Å². The lowest BCUT2D eigenvalue weighted by Crippen LogP contribution is -2.50. The summed E-state index contributed by atoms with van der Waals surface area (Å²) < 4.78 is 5.25. The second-order valence-electron chi connectivity index (χ2n) is 6.43. The second-order valence-corrected chi connectivity index (χ2v) is 8.36. The number of carbonyl (C=O) groups excluding carboxylic acids is 2. The molecule has 0 radical (unpaired) electrons. The Hall–Kier alpha value is -2.43. The molecule has 1 amide bonds. The molecule has 140 valence electrons. The molecule has 3 rings (SSSR count). The fraction of sp³-hybridized carbons (Fsp3) is 0.350. The van der Waals surface area contributed by atoms with Crippen molar-refractivity contribution >= 4 is 46.2 Å². The maximum absolute atomic E-state index is 12.6. The van der Waals surface area contributed by atoms with Crippen molar-refractivity contribution in [3.63, 3.8) is 0 Å². The minimum atomic E-state index is -0.828. The molecule has 2 heterocycles.